The Morgan fingerprint density at radius 2 is 1.43 bits per heavy atom. The molecule has 0 aliphatic rings. The molecule has 0 radical (unpaired) electrons. The Bertz CT molecular complexity index is 425. The summed E-state index contributed by atoms with van der Waals surface area (Å²) in [5, 5.41) is 49.8. The number of hydrogen-bond donors (Lipinski definition) is 5. The molecule has 0 aromatic heterocycles. The zero-order valence-corrected chi connectivity index (χ0v) is 17.7. The number of carbonyl (C=O) groups excluding carboxylic acids is 1. The van der Waals surface area contributed by atoms with Gasteiger partial charge in [0.05, 0.1) is 6.61 Å². The highest BCUT2D eigenvalue weighted by Crippen LogP contribution is 2.26. The minimum absolute atomic E-state index is 0.00545. The first-order chi connectivity index (χ1) is 13.3. The van der Waals surface area contributed by atoms with Crippen LogP contribution in [0.3, 0.4) is 0 Å². The number of rotatable bonds is 18. The summed E-state index contributed by atoms with van der Waals surface area (Å²) in [6, 6.07) is 0. The Balaban J connectivity index is 4.71. The van der Waals surface area contributed by atoms with Crippen LogP contribution in [-0.2, 0) is 4.79 Å². The van der Waals surface area contributed by atoms with Crippen LogP contribution in [0.25, 0.3) is 0 Å². The Morgan fingerprint density at radius 3 is 1.93 bits per heavy atom. The van der Waals surface area contributed by atoms with Crippen LogP contribution in [0, 0.1) is 0 Å². The van der Waals surface area contributed by atoms with Gasteiger partial charge in [0.2, 0.25) is 0 Å². The third-order valence-corrected chi connectivity index (χ3v) is 5.21. The molecule has 0 heterocycles. The van der Waals surface area contributed by atoms with Gasteiger partial charge in [-0.2, -0.15) is 0 Å². The van der Waals surface area contributed by atoms with Crippen LogP contribution < -0.4 is 0 Å². The summed E-state index contributed by atoms with van der Waals surface area (Å²) >= 11 is 0. The number of aliphatic hydroxyl groups excluding tert-OH is 4. The predicted octanol–water partition coefficient (Wildman–Crippen LogP) is 2.64. The molecule has 166 valence electrons. The van der Waals surface area contributed by atoms with E-state index in [1.807, 2.05) is 6.92 Å². The third-order valence-electron chi connectivity index (χ3n) is 5.21. The van der Waals surface area contributed by atoms with Crippen molar-refractivity contribution in [1.82, 2.24) is 0 Å². The minimum Gasteiger partial charge on any atom is -0.394 e. The zero-order valence-electron chi connectivity index (χ0n) is 17.7. The monoisotopic (exact) mass is 402 g/mol. The summed E-state index contributed by atoms with van der Waals surface area (Å²) in [7, 11) is 0. The maximum atomic E-state index is 12.5. The molecule has 0 rings (SSSR count). The summed E-state index contributed by atoms with van der Waals surface area (Å²) in [5.41, 5.74) is -2.18. The largest absolute Gasteiger partial charge is 0.394 e. The number of hydrogen-bond acceptors (Lipinski definition) is 6. The standard InChI is InChI=1S/C22H42O6/c1-3-5-7-8-9-10-11-12-14-16-22(28,19(25)15-13-6-4-2)21(27)20(26)18(24)17-23/h13,15,18,20-21,23-24,26-28H,3-12,14,16-17H2,1-2H3/t18-,20-,21+,22+/m1/s1. The first-order valence-corrected chi connectivity index (χ1v) is 10.9. The first kappa shape index (κ1) is 27.2. The van der Waals surface area contributed by atoms with E-state index in [-0.39, 0.29) is 6.42 Å². The fourth-order valence-corrected chi connectivity index (χ4v) is 3.22. The number of aliphatic hydroxyl groups is 5. The van der Waals surface area contributed by atoms with Crippen LogP contribution in [0.15, 0.2) is 12.2 Å². The molecule has 0 saturated heterocycles. The lowest BCUT2D eigenvalue weighted by Gasteiger charge is -2.35. The molecule has 0 aromatic rings. The fourth-order valence-electron chi connectivity index (χ4n) is 3.22. The second-order valence-electron chi connectivity index (χ2n) is 7.74. The van der Waals surface area contributed by atoms with Crippen LogP contribution in [0.2, 0.25) is 0 Å². The van der Waals surface area contributed by atoms with Crippen molar-refractivity contribution in [3.8, 4) is 0 Å². The van der Waals surface area contributed by atoms with E-state index in [1.165, 1.54) is 38.2 Å². The predicted molar refractivity (Wildman–Crippen MR) is 111 cm³/mol. The van der Waals surface area contributed by atoms with Gasteiger partial charge in [0.15, 0.2) is 11.4 Å². The molecule has 0 aliphatic carbocycles. The van der Waals surface area contributed by atoms with Crippen LogP contribution in [0.4, 0.5) is 0 Å². The normalized spacial score (nSPS) is 17.4. The first-order valence-electron chi connectivity index (χ1n) is 10.9. The highest BCUT2D eigenvalue weighted by molar-refractivity contribution is 5.97. The van der Waals surface area contributed by atoms with Gasteiger partial charge in [-0.05, 0) is 18.9 Å². The molecule has 0 amide bonds. The second-order valence-corrected chi connectivity index (χ2v) is 7.74. The van der Waals surface area contributed by atoms with Crippen LogP contribution in [-0.4, -0.2) is 61.8 Å². The van der Waals surface area contributed by atoms with E-state index < -0.39 is 36.3 Å². The van der Waals surface area contributed by atoms with E-state index >= 15 is 0 Å². The van der Waals surface area contributed by atoms with Gasteiger partial charge < -0.3 is 25.5 Å². The Hall–Kier alpha value is -0.790. The van der Waals surface area contributed by atoms with E-state index in [1.54, 1.807) is 6.08 Å². The smallest absolute Gasteiger partial charge is 0.189 e. The Kier molecular flexibility index (Phi) is 15.6. The van der Waals surface area contributed by atoms with Crippen LogP contribution in [0.5, 0.6) is 0 Å². The fraction of sp³-hybridized carbons (Fsp3) is 0.864. The zero-order chi connectivity index (χ0) is 21.4. The molecule has 4 atom stereocenters. The maximum Gasteiger partial charge on any atom is 0.189 e. The van der Waals surface area contributed by atoms with E-state index in [2.05, 4.69) is 6.92 Å². The Labute approximate surface area is 170 Å². The molecule has 0 bridgehead atoms. The van der Waals surface area contributed by atoms with Gasteiger partial charge in [0, 0.05) is 0 Å². The van der Waals surface area contributed by atoms with Crippen molar-refractivity contribution in [3.05, 3.63) is 12.2 Å². The SMILES string of the molecule is CCCC=CC(=O)[C@@](O)(CCCCCCCCCCC)[C@@H](O)[C@H](O)[C@H](O)CO. The van der Waals surface area contributed by atoms with Crippen molar-refractivity contribution in [2.45, 2.75) is 115 Å². The van der Waals surface area contributed by atoms with Gasteiger partial charge in [-0.3, -0.25) is 4.79 Å². The number of allylic oxidation sites excluding steroid dienone is 1. The highest BCUT2D eigenvalue weighted by atomic mass is 16.4. The number of ketones is 1. The topological polar surface area (TPSA) is 118 Å². The van der Waals surface area contributed by atoms with Gasteiger partial charge in [-0.15, -0.1) is 0 Å². The number of carbonyl (C=O) groups is 1. The Morgan fingerprint density at radius 1 is 0.893 bits per heavy atom. The second kappa shape index (κ2) is 16.1. The molecule has 0 fully saturated rings. The molecule has 28 heavy (non-hydrogen) atoms. The van der Waals surface area contributed by atoms with Crippen molar-refractivity contribution >= 4 is 5.78 Å². The quantitative estimate of drug-likeness (QED) is 0.178. The molecule has 0 unspecified atom stereocenters. The summed E-state index contributed by atoms with van der Waals surface area (Å²) in [6.07, 6.45) is 8.62. The van der Waals surface area contributed by atoms with Crippen LogP contribution >= 0.6 is 0 Å². The van der Waals surface area contributed by atoms with Gasteiger partial charge in [0.25, 0.3) is 0 Å². The van der Waals surface area contributed by atoms with Crippen molar-refractivity contribution in [3.63, 3.8) is 0 Å². The minimum atomic E-state index is -2.18. The average Bonchev–Trinajstić information content (AvgIpc) is 2.70. The lowest BCUT2D eigenvalue weighted by molar-refractivity contribution is -0.172. The highest BCUT2D eigenvalue weighted by Gasteiger charge is 2.46. The maximum absolute atomic E-state index is 12.5. The average molecular weight is 403 g/mol. The van der Waals surface area contributed by atoms with E-state index in [4.69, 9.17) is 5.11 Å². The van der Waals surface area contributed by atoms with E-state index in [0.29, 0.717) is 12.8 Å². The molecule has 6 heteroatoms. The summed E-state index contributed by atoms with van der Waals surface area (Å²) in [4.78, 5) is 12.5. The molecule has 6 nitrogen and oxygen atoms in total. The lowest BCUT2D eigenvalue weighted by atomic mass is 9.82. The summed E-state index contributed by atoms with van der Waals surface area (Å²) in [6.45, 7) is 3.37. The number of unbranched alkanes of at least 4 members (excludes halogenated alkanes) is 9. The molecule has 0 aliphatic heterocycles. The van der Waals surface area contributed by atoms with Gasteiger partial charge in [0.1, 0.15) is 18.3 Å². The van der Waals surface area contributed by atoms with Crippen molar-refractivity contribution in [2.75, 3.05) is 6.61 Å². The molecule has 0 spiro atoms. The molecule has 5 N–H and O–H groups in total. The molecule has 0 aromatic carbocycles. The third kappa shape index (κ3) is 10.1. The molecular formula is C22H42O6. The van der Waals surface area contributed by atoms with Crippen LogP contribution in [0.1, 0.15) is 90.9 Å². The van der Waals surface area contributed by atoms with E-state index in [9.17, 15) is 25.2 Å². The van der Waals surface area contributed by atoms with Crippen molar-refractivity contribution < 1.29 is 30.3 Å². The summed E-state index contributed by atoms with van der Waals surface area (Å²) < 4.78 is 0. The molecule has 0 saturated carbocycles. The lowest BCUT2D eigenvalue weighted by Crippen LogP contribution is -2.57. The summed E-state index contributed by atoms with van der Waals surface area (Å²) in [5.74, 6) is -0.683. The van der Waals surface area contributed by atoms with Gasteiger partial charge in [-0.25, -0.2) is 0 Å². The van der Waals surface area contributed by atoms with Crippen molar-refractivity contribution in [1.29, 1.82) is 0 Å². The van der Waals surface area contributed by atoms with Gasteiger partial charge in [-0.1, -0.05) is 84.1 Å². The van der Waals surface area contributed by atoms with E-state index in [0.717, 1.165) is 25.7 Å². The van der Waals surface area contributed by atoms with Gasteiger partial charge >= 0.3 is 0 Å². The molecular weight excluding hydrogens is 360 g/mol. The van der Waals surface area contributed by atoms with Crippen molar-refractivity contribution in [2.24, 2.45) is 0 Å².